The number of hydrogen-bond acceptors (Lipinski definition) is 0. The Labute approximate surface area is 179 Å². The van der Waals surface area contributed by atoms with Gasteiger partial charge in [-0.2, -0.15) is 0 Å². The van der Waals surface area contributed by atoms with Gasteiger partial charge in [0.1, 0.15) is 0 Å². The summed E-state index contributed by atoms with van der Waals surface area (Å²) in [5.74, 6) is 0. The quantitative estimate of drug-likeness (QED) is 0.458. The molecule has 0 fully saturated rings. The van der Waals surface area contributed by atoms with Crippen molar-refractivity contribution < 1.29 is 0 Å². The predicted octanol–water partition coefficient (Wildman–Crippen LogP) is 7.37. The van der Waals surface area contributed by atoms with Gasteiger partial charge in [0.25, 0.3) is 0 Å². The average molecular weight is 415 g/mol. The van der Waals surface area contributed by atoms with Gasteiger partial charge in [0.15, 0.2) is 0 Å². The van der Waals surface area contributed by atoms with Crippen molar-refractivity contribution in [2.24, 2.45) is 0 Å². The molecule has 0 bridgehead atoms. The van der Waals surface area contributed by atoms with Gasteiger partial charge in [-0.05, 0) is 58.3 Å². The lowest BCUT2D eigenvalue weighted by molar-refractivity contribution is 1.09. The van der Waals surface area contributed by atoms with Crippen LogP contribution in [-0.2, 0) is 0 Å². The number of benzene rings is 2. The van der Waals surface area contributed by atoms with E-state index in [1.807, 2.05) is 0 Å². The van der Waals surface area contributed by atoms with Gasteiger partial charge in [-0.25, -0.2) is 0 Å². The summed E-state index contributed by atoms with van der Waals surface area (Å²) in [4.78, 5) is 0. The van der Waals surface area contributed by atoms with E-state index in [1.165, 1.54) is 33.0 Å². The number of allylic oxidation sites excluding steroid dienone is 5. The molecule has 0 aromatic heterocycles. The van der Waals surface area contributed by atoms with Crippen LogP contribution in [0.2, 0.25) is 38.3 Å². The molecular weight excluding hydrogens is 380 g/mol. The summed E-state index contributed by atoms with van der Waals surface area (Å²) in [6, 6.07) is 12.0. The van der Waals surface area contributed by atoms with E-state index in [0.29, 0.717) is 11.1 Å². The highest BCUT2D eigenvalue weighted by molar-refractivity contribution is 6.88. The highest BCUT2D eigenvalue weighted by atomic mass is 28.3. The SMILES string of the molecule is Cc1cc2c(c(-c3ccc([Si](C)(C)C)cc3)c1C)C=CC2[Si](C)(C)C1C=CC=C1. The van der Waals surface area contributed by atoms with Crippen LogP contribution < -0.4 is 5.19 Å². The number of rotatable bonds is 4. The van der Waals surface area contributed by atoms with Crippen LogP contribution in [-0.4, -0.2) is 16.1 Å². The molecule has 2 aromatic carbocycles. The maximum absolute atomic E-state index is 2.55. The van der Waals surface area contributed by atoms with Gasteiger partial charge < -0.3 is 0 Å². The minimum Gasteiger partial charge on any atom is -0.0803 e. The van der Waals surface area contributed by atoms with Crippen molar-refractivity contribution in [3.8, 4) is 11.1 Å². The molecule has 2 aliphatic carbocycles. The molecule has 0 saturated carbocycles. The van der Waals surface area contributed by atoms with Gasteiger partial charge in [-0.1, -0.05) is 105 Å². The minimum absolute atomic E-state index is 0.578. The fourth-order valence-corrected chi connectivity index (χ4v) is 9.42. The fourth-order valence-electron chi connectivity index (χ4n) is 4.99. The van der Waals surface area contributed by atoms with Gasteiger partial charge in [0, 0.05) is 0 Å². The molecular formula is C27H34Si2. The number of fused-ring (bicyclic) bond motifs is 1. The first-order valence-electron chi connectivity index (χ1n) is 10.9. The Kier molecular flexibility index (Phi) is 4.99. The van der Waals surface area contributed by atoms with Gasteiger partial charge in [0.05, 0.1) is 16.1 Å². The zero-order valence-corrected chi connectivity index (χ0v) is 21.0. The number of hydrogen-bond donors (Lipinski definition) is 0. The van der Waals surface area contributed by atoms with Crippen molar-refractivity contribution in [1.29, 1.82) is 0 Å². The maximum Gasteiger partial charge on any atom is 0.0775 e. The van der Waals surface area contributed by atoms with Crippen LogP contribution >= 0.6 is 0 Å². The van der Waals surface area contributed by atoms with E-state index >= 15 is 0 Å². The number of aryl methyl sites for hydroxylation is 1. The van der Waals surface area contributed by atoms with E-state index < -0.39 is 16.1 Å². The average Bonchev–Trinajstić information content (AvgIpc) is 3.32. The third-order valence-corrected chi connectivity index (χ3v) is 13.4. The minimum atomic E-state index is -1.54. The van der Waals surface area contributed by atoms with E-state index in [1.54, 1.807) is 5.56 Å². The third kappa shape index (κ3) is 3.47. The van der Waals surface area contributed by atoms with Gasteiger partial charge >= 0.3 is 0 Å². The second-order valence-corrected chi connectivity index (χ2v) is 20.5. The largest absolute Gasteiger partial charge is 0.0803 e. The van der Waals surface area contributed by atoms with Crippen LogP contribution in [0.5, 0.6) is 0 Å². The molecule has 2 aliphatic rings. The van der Waals surface area contributed by atoms with Crippen LogP contribution in [0.4, 0.5) is 0 Å². The Morgan fingerprint density at radius 3 is 2.00 bits per heavy atom. The summed E-state index contributed by atoms with van der Waals surface area (Å²) in [7, 11) is -2.82. The van der Waals surface area contributed by atoms with Crippen molar-refractivity contribution in [3.63, 3.8) is 0 Å². The van der Waals surface area contributed by atoms with E-state index in [2.05, 4.69) is 113 Å². The van der Waals surface area contributed by atoms with E-state index in [-0.39, 0.29) is 0 Å². The normalized spacial score (nSPS) is 18.7. The van der Waals surface area contributed by atoms with Gasteiger partial charge in [-0.15, -0.1) is 0 Å². The third-order valence-electron chi connectivity index (χ3n) is 7.16. The smallest absolute Gasteiger partial charge is 0.0775 e. The van der Waals surface area contributed by atoms with Crippen molar-refractivity contribution in [2.75, 3.05) is 0 Å². The Bertz CT molecular complexity index is 1020. The standard InChI is InChI=1S/C27H34Si2/c1-19-18-25-24(16-17-26(25)29(6,7)23-10-8-9-11-23)27(20(19)2)21-12-14-22(15-13-21)28(3,4)5/h8-18,23,26H,1-7H3. The Morgan fingerprint density at radius 1 is 0.793 bits per heavy atom. The fraction of sp³-hybridized carbons (Fsp3) is 0.333. The molecule has 0 nitrogen and oxygen atoms in total. The molecule has 2 aromatic rings. The molecule has 0 amide bonds. The van der Waals surface area contributed by atoms with Crippen LogP contribution in [0.25, 0.3) is 17.2 Å². The van der Waals surface area contributed by atoms with Crippen molar-refractivity contribution in [1.82, 2.24) is 0 Å². The van der Waals surface area contributed by atoms with Crippen LogP contribution in [0.15, 0.2) is 60.7 Å². The molecule has 0 saturated heterocycles. The molecule has 0 radical (unpaired) electrons. The molecule has 150 valence electrons. The lowest BCUT2D eigenvalue weighted by Crippen LogP contribution is -2.37. The van der Waals surface area contributed by atoms with E-state index in [4.69, 9.17) is 0 Å². The molecule has 2 heteroatoms. The first kappa shape index (κ1) is 20.4. The van der Waals surface area contributed by atoms with Crippen LogP contribution in [0.3, 0.4) is 0 Å². The first-order chi connectivity index (χ1) is 13.6. The topological polar surface area (TPSA) is 0 Å². The van der Waals surface area contributed by atoms with Gasteiger partial charge in [-0.3, -0.25) is 0 Å². The molecule has 0 spiro atoms. The Morgan fingerprint density at radius 2 is 1.41 bits per heavy atom. The lowest BCUT2D eigenvalue weighted by atomic mass is 9.90. The summed E-state index contributed by atoms with van der Waals surface area (Å²) in [5, 5.41) is 1.53. The molecule has 29 heavy (non-hydrogen) atoms. The van der Waals surface area contributed by atoms with Gasteiger partial charge in [0.2, 0.25) is 0 Å². The molecule has 0 heterocycles. The van der Waals surface area contributed by atoms with Crippen molar-refractivity contribution >= 4 is 27.4 Å². The molecule has 4 rings (SSSR count). The lowest BCUT2D eigenvalue weighted by Gasteiger charge is -2.34. The molecule has 1 unspecified atom stereocenters. The Hall–Kier alpha value is -1.91. The second kappa shape index (κ2) is 7.10. The Balaban J connectivity index is 1.82. The summed E-state index contributed by atoms with van der Waals surface area (Å²) in [5.41, 5.74) is 9.89. The van der Waals surface area contributed by atoms with E-state index in [0.717, 1.165) is 0 Å². The molecule has 1 atom stereocenters. The summed E-state index contributed by atoms with van der Waals surface area (Å²) in [6.07, 6.45) is 14.2. The van der Waals surface area contributed by atoms with Crippen molar-refractivity contribution in [3.05, 3.63) is 83.0 Å². The zero-order valence-electron chi connectivity index (χ0n) is 19.0. The zero-order chi connectivity index (χ0) is 21.0. The molecule has 0 N–H and O–H groups in total. The highest BCUT2D eigenvalue weighted by Gasteiger charge is 2.40. The first-order valence-corrected chi connectivity index (χ1v) is 17.5. The molecule has 0 aliphatic heterocycles. The second-order valence-electron chi connectivity index (χ2n) is 10.5. The van der Waals surface area contributed by atoms with Crippen LogP contribution in [0, 0.1) is 13.8 Å². The maximum atomic E-state index is 2.55. The van der Waals surface area contributed by atoms with Crippen molar-refractivity contribution in [2.45, 2.75) is 57.7 Å². The van der Waals surface area contributed by atoms with E-state index in [9.17, 15) is 0 Å². The summed E-state index contributed by atoms with van der Waals surface area (Å²) < 4.78 is 0. The highest BCUT2D eigenvalue weighted by Crippen LogP contribution is 2.47. The summed E-state index contributed by atoms with van der Waals surface area (Å²) >= 11 is 0. The monoisotopic (exact) mass is 414 g/mol. The summed E-state index contributed by atoms with van der Waals surface area (Å²) in [6.45, 7) is 17.0. The van der Waals surface area contributed by atoms with Crippen LogP contribution in [0.1, 0.15) is 27.8 Å². The predicted molar refractivity (Wildman–Crippen MR) is 136 cm³/mol.